The molecule has 2 aliphatic heterocycles. The summed E-state index contributed by atoms with van der Waals surface area (Å²) in [6, 6.07) is 16.7. The van der Waals surface area contributed by atoms with Gasteiger partial charge in [0.25, 0.3) is 0 Å². The van der Waals surface area contributed by atoms with Crippen molar-refractivity contribution >= 4 is 5.91 Å². The topological polar surface area (TPSA) is 23.6 Å². The molecule has 2 heterocycles. The first-order chi connectivity index (χ1) is 14.0. The van der Waals surface area contributed by atoms with Crippen molar-refractivity contribution in [3.63, 3.8) is 0 Å². The molecule has 0 aromatic heterocycles. The molecule has 2 aromatic carbocycles. The molecule has 0 radical (unpaired) electrons. The first-order valence-electron chi connectivity index (χ1n) is 11.2. The Hall–Kier alpha value is -2.13. The van der Waals surface area contributed by atoms with Crippen LogP contribution in [0.4, 0.5) is 0 Å². The molecule has 2 aromatic rings. The maximum absolute atomic E-state index is 11.8. The highest BCUT2D eigenvalue weighted by Gasteiger charge is 2.22. The second-order valence-corrected chi connectivity index (χ2v) is 9.00. The van der Waals surface area contributed by atoms with Gasteiger partial charge in [-0.15, -0.1) is 0 Å². The molecule has 1 saturated heterocycles. The summed E-state index contributed by atoms with van der Waals surface area (Å²) in [5.74, 6) is 0.557. The molecule has 0 spiro atoms. The molecular weight excluding hydrogens is 356 g/mol. The van der Waals surface area contributed by atoms with Crippen molar-refractivity contribution in [3.8, 4) is 11.1 Å². The number of carbonyl (C=O) groups is 1. The standard InChI is InChI=1S/C26H34N2O/c1-19-18-28(21(3)29)16-13-24-10-11-25(17-26(19)24)23-8-6-22(7-9-23)12-15-27-14-4-5-20(27)2/h6-11,17,19-20H,4-5,12-16,18H2,1-3H3. The first kappa shape index (κ1) is 20.2. The lowest BCUT2D eigenvalue weighted by Crippen LogP contribution is -2.32. The van der Waals surface area contributed by atoms with Crippen molar-refractivity contribution in [1.29, 1.82) is 0 Å². The van der Waals surface area contributed by atoms with E-state index in [1.54, 1.807) is 6.92 Å². The Morgan fingerprint density at radius 3 is 2.48 bits per heavy atom. The van der Waals surface area contributed by atoms with E-state index in [2.05, 4.69) is 61.2 Å². The molecule has 4 rings (SSSR count). The van der Waals surface area contributed by atoms with Crippen molar-refractivity contribution in [3.05, 3.63) is 59.2 Å². The maximum Gasteiger partial charge on any atom is 0.219 e. The van der Waals surface area contributed by atoms with Gasteiger partial charge in [0.15, 0.2) is 0 Å². The number of fused-ring (bicyclic) bond motifs is 1. The first-order valence-corrected chi connectivity index (χ1v) is 11.2. The average molecular weight is 391 g/mol. The SMILES string of the molecule is CC(=O)N1CCc2ccc(-c3ccc(CCN4CCCC4C)cc3)cc2C(C)C1. The number of hydrogen-bond donors (Lipinski definition) is 0. The van der Waals surface area contributed by atoms with Crippen LogP contribution in [-0.2, 0) is 17.6 Å². The van der Waals surface area contributed by atoms with Gasteiger partial charge in [0, 0.05) is 32.6 Å². The van der Waals surface area contributed by atoms with Gasteiger partial charge in [-0.05, 0) is 72.9 Å². The van der Waals surface area contributed by atoms with Crippen LogP contribution in [-0.4, -0.2) is 47.9 Å². The normalized spacial score (nSPS) is 22.4. The van der Waals surface area contributed by atoms with Crippen molar-refractivity contribution in [2.75, 3.05) is 26.2 Å². The molecule has 2 aliphatic rings. The third kappa shape index (κ3) is 4.56. The van der Waals surface area contributed by atoms with Crippen LogP contribution in [0.2, 0.25) is 0 Å². The summed E-state index contributed by atoms with van der Waals surface area (Å²) in [7, 11) is 0. The highest BCUT2D eigenvalue weighted by atomic mass is 16.2. The number of nitrogens with zero attached hydrogens (tertiary/aromatic N) is 2. The molecule has 1 fully saturated rings. The second kappa shape index (κ2) is 8.71. The molecule has 1 amide bonds. The second-order valence-electron chi connectivity index (χ2n) is 9.00. The van der Waals surface area contributed by atoms with E-state index in [0.29, 0.717) is 5.92 Å². The van der Waals surface area contributed by atoms with E-state index in [-0.39, 0.29) is 5.91 Å². The monoisotopic (exact) mass is 390 g/mol. The van der Waals surface area contributed by atoms with Crippen LogP contribution in [0.1, 0.15) is 56.2 Å². The third-order valence-electron chi connectivity index (χ3n) is 6.93. The molecule has 0 aliphatic carbocycles. The van der Waals surface area contributed by atoms with Gasteiger partial charge in [-0.2, -0.15) is 0 Å². The summed E-state index contributed by atoms with van der Waals surface area (Å²) < 4.78 is 0. The van der Waals surface area contributed by atoms with E-state index >= 15 is 0 Å². The Kier molecular flexibility index (Phi) is 6.05. The number of benzene rings is 2. The van der Waals surface area contributed by atoms with Gasteiger partial charge < -0.3 is 9.80 Å². The lowest BCUT2D eigenvalue weighted by Gasteiger charge is -2.21. The Morgan fingerprint density at radius 1 is 1.03 bits per heavy atom. The predicted molar refractivity (Wildman–Crippen MR) is 120 cm³/mol. The van der Waals surface area contributed by atoms with Crippen LogP contribution < -0.4 is 0 Å². The number of carbonyl (C=O) groups excluding carboxylic acids is 1. The fourth-order valence-corrected chi connectivity index (χ4v) is 4.98. The number of hydrogen-bond acceptors (Lipinski definition) is 2. The van der Waals surface area contributed by atoms with E-state index in [9.17, 15) is 4.79 Å². The van der Waals surface area contributed by atoms with Crippen LogP contribution in [0.25, 0.3) is 11.1 Å². The van der Waals surface area contributed by atoms with E-state index in [0.717, 1.165) is 32.0 Å². The third-order valence-corrected chi connectivity index (χ3v) is 6.93. The Bertz CT molecular complexity index is 858. The van der Waals surface area contributed by atoms with Crippen molar-refractivity contribution < 1.29 is 4.79 Å². The Morgan fingerprint density at radius 2 is 1.79 bits per heavy atom. The van der Waals surface area contributed by atoms with E-state index < -0.39 is 0 Å². The van der Waals surface area contributed by atoms with Gasteiger partial charge in [-0.1, -0.05) is 49.4 Å². The summed E-state index contributed by atoms with van der Waals surface area (Å²) in [6.45, 7) is 10.4. The van der Waals surface area contributed by atoms with Crippen molar-refractivity contribution in [2.24, 2.45) is 0 Å². The molecular formula is C26H34N2O. The van der Waals surface area contributed by atoms with Crippen LogP contribution >= 0.6 is 0 Å². The minimum absolute atomic E-state index is 0.184. The summed E-state index contributed by atoms with van der Waals surface area (Å²) in [5, 5.41) is 0. The van der Waals surface area contributed by atoms with E-state index in [1.807, 2.05) is 4.90 Å². The van der Waals surface area contributed by atoms with Crippen LogP contribution in [0, 0.1) is 0 Å². The Balaban J connectivity index is 1.46. The van der Waals surface area contributed by atoms with Crippen molar-refractivity contribution in [1.82, 2.24) is 9.80 Å². The van der Waals surface area contributed by atoms with Gasteiger partial charge >= 0.3 is 0 Å². The number of rotatable bonds is 4. The molecule has 0 bridgehead atoms. The molecule has 0 saturated carbocycles. The minimum atomic E-state index is 0.184. The van der Waals surface area contributed by atoms with Crippen LogP contribution in [0.3, 0.4) is 0 Å². The zero-order chi connectivity index (χ0) is 20.4. The molecule has 2 unspecified atom stereocenters. The molecule has 2 atom stereocenters. The van der Waals surface area contributed by atoms with E-state index in [4.69, 9.17) is 0 Å². The summed E-state index contributed by atoms with van der Waals surface area (Å²) >= 11 is 0. The largest absolute Gasteiger partial charge is 0.342 e. The zero-order valence-electron chi connectivity index (χ0n) is 18.2. The van der Waals surface area contributed by atoms with Gasteiger partial charge in [-0.25, -0.2) is 0 Å². The van der Waals surface area contributed by atoms with Gasteiger partial charge in [-0.3, -0.25) is 4.79 Å². The highest BCUT2D eigenvalue weighted by Crippen LogP contribution is 2.30. The lowest BCUT2D eigenvalue weighted by atomic mass is 9.91. The zero-order valence-corrected chi connectivity index (χ0v) is 18.2. The van der Waals surface area contributed by atoms with Crippen LogP contribution in [0.15, 0.2) is 42.5 Å². The quantitative estimate of drug-likeness (QED) is 0.742. The van der Waals surface area contributed by atoms with Crippen molar-refractivity contribution in [2.45, 2.75) is 58.4 Å². The Labute approximate surface area is 175 Å². The number of likely N-dealkylation sites (tertiary alicyclic amines) is 1. The minimum Gasteiger partial charge on any atom is -0.342 e. The lowest BCUT2D eigenvalue weighted by molar-refractivity contribution is -0.128. The fraction of sp³-hybridized carbons (Fsp3) is 0.500. The molecule has 3 heteroatoms. The van der Waals surface area contributed by atoms with Crippen LogP contribution in [0.5, 0.6) is 0 Å². The average Bonchev–Trinajstić information content (AvgIpc) is 3.06. The number of amides is 1. The molecule has 154 valence electrons. The van der Waals surface area contributed by atoms with Gasteiger partial charge in [0.1, 0.15) is 0 Å². The highest BCUT2D eigenvalue weighted by molar-refractivity contribution is 5.73. The summed E-state index contributed by atoms with van der Waals surface area (Å²) in [6.07, 6.45) is 4.78. The van der Waals surface area contributed by atoms with Gasteiger partial charge in [0.2, 0.25) is 5.91 Å². The predicted octanol–water partition coefficient (Wildman–Crippen LogP) is 4.89. The summed E-state index contributed by atoms with van der Waals surface area (Å²) in [4.78, 5) is 16.5. The summed E-state index contributed by atoms with van der Waals surface area (Å²) in [5.41, 5.74) is 6.78. The smallest absolute Gasteiger partial charge is 0.219 e. The fourth-order valence-electron chi connectivity index (χ4n) is 4.98. The van der Waals surface area contributed by atoms with Gasteiger partial charge in [0.05, 0.1) is 0 Å². The van der Waals surface area contributed by atoms with E-state index in [1.165, 1.54) is 53.7 Å². The molecule has 29 heavy (non-hydrogen) atoms. The molecule has 0 N–H and O–H groups in total. The molecule has 3 nitrogen and oxygen atoms in total. The maximum atomic E-state index is 11.8.